The molecule has 1 aromatic rings. The van der Waals surface area contributed by atoms with Crippen molar-refractivity contribution < 1.29 is 9.59 Å². The number of likely N-dealkylation sites (tertiary alicyclic amines) is 2. The third-order valence-electron chi connectivity index (χ3n) is 5.94. The molecule has 2 aliphatic heterocycles. The molecule has 0 radical (unpaired) electrons. The highest BCUT2D eigenvalue weighted by Gasteiger charge is 2.32. The summed E-state index contributed by atoms with van der Waals surface area (Å²) in [4.78, 5) is 29.5. The highest BCUT2D eigenvalue weighted by molar-refractivity contribution is 5.90. The number of hydrogen-bond donors (Lipinski definition) is 2. The van der Waals surface area contributed by atoms with Crippen molar-refractivity contribution in [3.63, 3.8) is 0 Å². The minimum Gasteiger partial charge on any atom is -0.342 e. The Hall–Kier alpha value is -1.79. The topological polar surface area (TPSA) is 64.7 Å². The lowest BCUT2D eigenvalue weighted by Crippen LogP contribution is -2.49. The number of urea groups is 1. The number of rotatable bonds is 5. The summed E-state index contributed by atoms with van der Waals surface area (Å²) in [6, 6.07) is 7.70. The van der Waals surface area contributed by atoms with Crippen LogP contribution in [0.25, 0.3) is 0 Å². The highest BCUT2D eigenvalue weighted by atomic mass is 35.5. The average molecular weight is 423 g/mol. The van der Waals surface area contributed by atoms with Gasteiger partial charge in [-0.15, -0.1) is 12.4 Å². The second-order valence-corrected chi connectivity index (χ2v) is 8.16. The monoisotopic (exact) mass is 422 g/mol. The van der Waals surface area contributed by atoms with Crippen LogP contribution in [0.2, 0.25) is 0 Å². The average Bonchev–Trinajstić information content (AvgIpc) is 2.72. The number of aryl methyl sites for hydroxylation is 1. The second kappa shape index (κ2) is 11.4. The normalized spacial score (nSPS) is 20.1. The minimum atomic E-state index is -0.104. The first-order valence-electron chi connectivity index (χ1n) is 10.7. The maximum Gasteiger partial charge on any atom is 0.321 e. The van der Waals surface area contributed by atoms with Crippen molar-refractivity contribution in [1.29, 1.82) is 0 Å². The standard InChI is InChI=1S/C22H34N4O2.ClH/c1-3-23-15-18-9-12-25(13-10-18)21(27)19-7-5-11-26(16-19)22(28)24-20-8-4-6-17(2)14-20;/h4,6,8,14,18-19,23H,3,5,7,9-13,15-16H2,1-2H3,(H,24,28);1H. The number of anilines is 1. The van der Waals surface area contributed by atoms with Crippen molar-refractivity contribution in [3.05, 3.63) is 29.8 Å². The zero-order valence-corrected chi connectivity index (χ0v) is 18.5. The van der Waals surface area contributed by atoms with E-state index >= 15 is 0 Å². The van der Waals surface area contributed by atoms with Crippen LogP contribution < -0.4 is 10.6 Å². The lowest BCUT2D eigenvalue weighted by atomic mass is 9.93. The van der Waals surface area contributed by atoms with Crippen molar-refractivity contribution in [3.8, 4) is 0 Å². The number of hydrogen-bond acceptors (Lipinski definition) is 3. The summed E-state index contributed by atoms with van der Waals surface area (Å²) in [6.07, 6.45) is 3.91. The molecular weight excluding hydrogens is 388 g/mol. The molecule has 1 atom stereocenters. The molecule has 2 fully saturated rings. The van der Waals surface area contributed by atoms with Gasteiger partial charge in [-0.3, -0.25) is 4.79 Å². The van der Waals surface area contributed by atoms with Gasteiger partial charge in [-0.2, -0.15) is 0 Å². The third kappa shape index (κ3) is 6.61. The van der Waals surface area contributed by atoms with Gasteiger partial charge in [-0.1, -0.05) is 19.1 Å². The molecule has 2 aliphatic rings. The molecule has 3 amide bonds. The largest absolute Gasteiger partial charge is 0.342 e. The van der Waals surface area contributed by atoms with Crippen LogP contribution in [0.1, 0.15) is 38.2 Å². The third-order valence-corrected chi connectivity index (χ3v) is 5.94. The Balaban J connectivity index is 0.00000300. The first kappa shape index (κ1) is 23.5. The van der Waals surface area contributed by atoms with Gasteiger partial charge in [0.05, 0.1) is 5.92 Å². The number of carbonyl (C=O) groups excluding carboxylic acids is 2. The van der Waals surface area contributed by atoms with Crippen LogP contribution >= 0.6 is 12.4 Å². The van der Waals surface area contributed by atoms with Crippen LogP contribution in [-0.2, 0) is 4.79 Å². The lowest BCUT2D eigenvalue weighted by Gasteiger charge is -2.38. The van der Waals surface area contributed by atoms with Gasteiger partial charge in [0, 0.05) is 31.9 Å². The first-order valence-corrected chi connectivity index (χ1v) is 10.7. The summed E-state index contributed by atoms with van der Waals surface area (Å²) in [5.41, 5.74) is 1.92. The summed E-state index contributed by atoms with van der Waals surface area (Å²) in [5, 5.41) is 6.38. The molecule has 1 aromatic carbocycles. The maximum absolute atomic E-state index is 13.0. The van der Waals surface area contributed by atoms with E-state index in [2.05, 4.69) is 17.6 Å². The molecule has 2 heterocycles. The Labute approximate surface area is 180 Å². The van der Waals surface area contributed by atoms with Crippen molar-refractivity contribution in [2.24, 2.45) is 11.8 Å². The number of carbonyl (C=O) groups is 2. The molecular formula is C22H35ClN4O2. The molecule has 0 bridgehead atoms. The smallest absolute Gasteiger partial charge is 0.321 e. The predicted molar refractivity (Wildman–Crippen MR) is 120 cm³/mol. The van der Waals surface area contributed by atoms with Gasteiger partial charge in [0.25, 0.3) is 0 Å². The molecule has 29 heavy (non-hydrogen) atoms. The van der Waals surface area contributed by atoms with Crippen LogP contribution in [0.4, 0.5) is 10.5 Å². The fraction of sp³-hybridized carbons (Fsp3) is 0.636. The Kier molecular flexibility index (Phi) is 9.24. The van der Waals surface area contributed by atoms with Gasteiger partial charge in [0.15, 0.2) is 0 Å². The fourth-order valence-corrected chi connectivity index (χ4v) is 4.25. The van der Waals surface area contributed by atoms with Gasteiger partial charge in [-0.25, -0.2) is 4.79 Å². The number of nitrogens with zero attached hydrogens (tertiary/aromatic N) is 2. The quantitative estimate of drug-likeness (QED) is 0.763. The molecule has 0 spiro atoms. The molecule has 0 aromatic heterocycles. The summed E-state index contributed by atoms with van der Waals surface area (Å²) >= 11 is 0. The molecule has 0 aliphatic carbocycles. The lowest BCUT2D eigenvalue weighted by molar-refractivity contribution is -0.138. The van der Waals surface area contributed by atoms with Gasteiger partial charge in [0.2, 0.25) is 5.91 Å². The van der Waals surface area contributed by atoms with E-state index < -0.39 is 0 Å². The summed E-state index contributed by atoms with van der Waals surface area (Å²) < 4.78 is 0. The number of nitrogens with one attached hydrogen (secondary N) is 2. The van der Waals surface area contributed by atoms with Crippen LogP contribution in [-0.4, -0.2) is 61.0 Å². The van der Waals surface area contributed by atoms with E-state index in [0.29, 0.717) is 19.0 Å². The molecule has 2 saturated heterocycles. The highest BCUT2D eigenvalue weighted by Crippen LogP contribution is 2.23. The Bertz CT molecular complexity index is 677. The number of amides is 3. The number of piperidine rings is 2. The second-order valence-electron chi connectivity index (χ2n) is 8.16. The SMILES string of the molecule is CCNCC1CCN(C(=O)C2CCCN(C(=O)Nc3cccc(C)c3)C2)CC1.Cl. The predicted octanol–water partition coefficient (Wildman–Crippen LogP) is 3.51. The van der Waals surface area contributed by atoms with E-state index in [1.165, 1.54) is 0 Å². The van der Waals surface area contributed by atoms with Crippen molar-refractivity contribution in [2.45, 2.75) is 39.5 Å². The molecule has 0 saturated carbocycles. The van der Waals surface area contributed by atoms with Crippen LogP contribution in [0.3, 0.4) is 0 Å². The van der Waals surface area contributed by atoms with Crippen molar-refractivity contribution in [1.82, 2.24) is 15.1 Å². The van der Waals surface area contributed by atoms with E-state index in [9.17, 15) is 9.59 Å². The Morgan fingerprint density at radius 1 is 1.10 bits per heavy atom. The van der Waals surface area contributed by atoms with Crippen molar-refractivity contribution in [2.75, 3.05) is 44.6 Å². The van der Waals surface area contributed by atoms with E-state index in [-0.39, 0.29) is 30.3 Å². The maximum atomic E-state index is 13.0. The van der Waals surface area contributed by atoms with Gasteiger partial charge >= 0.3 is 6.03 Å². The van der Waals surface area contributed by atoms with Gasteiger partial charge in [-0.05, 0) is 69.3 Å². The summed E-state index contributed by atoms with van der Waals surface area (Å²) in [7, 11) is 0. The number of halogens is 1. The van der Waals surface area contributed by atoms with Crippen LogP contribution in [0, 0.1) is 18.8 Å². The van der Waals surface area contributed by atoms with Crippen molar-refractivity contribution >= 4 is 30.0 Å². The minimum absolute atomic E-state index is 0. The number of benzene rings is 1. The molecule has 2 N–H and O–H groups in total. The summed E-state index contributed by atoms with van der Waals surface area (Å²) in [6.45, 7) is 9.12. The first-order chi connectivity index (χ1) is 13.6. The Morgan fingerprint density at radius 3 is 2.55 bits per heavy atom. The zero-order valence-electron chi connectivity index (χ0n) is 17.7. The fourth-order valence-electron chi connectivity index (χ4n) is 4.25. The Morgan fingerprint density at radius 2 is 1.86 bits per heavy atom. The van der Waals surface area contributed by atoms with E-state index in [1.54, 1.807) is 4.90 Å². The van der Waals surface area contributed by atoms with Gasteiger partial charge < -0.3 is 20.4 Å². The summed E-state index contributed by atoms with van der Waals surface area (Å²) in [5.74, 6) is 0.837. The molecule has 162 valence electrons. The molecule has 1 unspecified atom stereocenters. The van der Waals surface area contributed by atoms with Crippen LogP contribution in [0.5, 0.6) is 0 Å². The molecule has 3 rings (SSSR count). The van der Waals surface area contributed by atoms with Crippen LogP contribution in [0.15, 0.2) is 24.3 Å². The van der Waals surface area contributed by atoms with E-state index in [0.717, 1.165) is 63.1 Å². The van der Waals surface area contributed by atoms with Gasteiger partial charge in [0.1, 0.15) is 0 Å². The molecule has 6 nitrogen and oxygen atoms in total. The molecule has 7 heteroatoms. The van der Waals surface area contributed by atoms with E-state index in [1.807, 2.05) is 36.1 Å². The van der Waals surface area contributed by atoms with E-state index in [4.69, 9.17) is 0 Å². The zero-order chi connectivity index (χ0) is 19.9.